The number of benzene rings is 3. The summed E-state index contributed by atoms with van der Waals surface area (Å²) in [5.74, 6) is 1.57. The molecule has 0 fully saturated rings. The van der Waals surface area contributed by atoms with Crippen LogP contribution in [0.25, 0.3) is 0 Å². The first-order valence-corrected chi connectivity index (χ1v) is 11.2. The first kappa shape index (κ1) is 24.3. The van der Waals surface area contributed by atoms with Gasteiger partial charge in [-0.2, -0.15) is 4.68 Å². The van der Waals surface area contributed by atoms with Crippen molar-refractivity contribution < 1.29 is 19.0 Å². The third-order valence-electron chi connectivity index (χ3n) is 5.05. The number of aromatic nitrogens is 2. The molecule has 0 aliphatic rings. The van der Waals surface area contributed by atoms with Gasteiger partial charge in [0.2, 0.25) is 5.75 Å². The van der Waals surface area contributed by atoms with Gasteiger partial charge in [-0.1, -0.05) is 23.2 Å². The Morgan fingerprint density at radius 1 is 0.771 bits per heavy atom. The van der Waals surface area contributed by atoms with Gasteiger partial charge in [-0.25, -0.2) is 0 Å². The molecule has 180 valence electrons. The average Bonchev–Trinajstić information content (AvgIpc) is 3.27. The van der Waals surface area contributed by atoms with E-state index < -0.39 is 5.91 Å². The number of nitrogens with one attached hydrogen (secondary N) is 2. The van der Waals surface area contributed by atoms with Gasteiger partial charge < -0.3 is 24.8 Å². The fraction of sp³-hybridized carbons (Fsp3) is 0.120. The van der Waals surface area contributed by atoms with Crippen molar-refractivity contribution in [2.24, 2.45) is 0 Å². The molecule has 4 aromatic rings. The molecule has 0 saturated heterocycles. The summed E-state index contributed by atoms with van der Waals surface area (Å²) in [4.78, 5) is 13.6. The summed E-state index contributed by atoms with van der Waals surface area (Å²) in [6.07, 6.45) is 0. The number of carbonyl (C=O) groups is 1. The van der Waals surface area contributed by atoms with Crippen LogP contribution in [0.1, 0.15) is 10.4 Å². The van der Waals surface area contributed by atoms with E-state index in [1.54, 1.807) is 54.6 Å². The Morgan fingerprint density at radius 2 is 1.29 bits per heavy atom. The quantitative estimate of drug-likeness (QED) is 0.282. The van der Waals surface area contributed by atoms with Crippen LogP contribution < -0.4 is 24.8 Å². The van der Waals surface area contributed by atoms with Crippen LogP contribution in [0.4, 0.5) is 23.0 Å². The number of hydrogen-bond donors (Lipinski definition) is 2. The predicted molar refractivity (Wildman–Crippen MR) is 138 cm³/mol. The number of carbonyl (C=O) groups excluding carboxylic acids is 1. The fourth-order valence-corrected chi connectivity index (χ4v) is 3.63. The number of rotatable bonds is 8. The van der Waals surface area contributed by atoms with E-state index in [9.17, 15) is 4.79 Å². The predicted octanol–water partition coefficient (Wildman–Crippen LogP) is 6.39. The lowest BCUT2D eigenvalue weighted by Gasteiger charge is -2.14. The highest BCUT2D eigenvalue weighted by atomic mass is 35.5. The zero-order valence-corrected chi connectivity index (χ0v) is 20.6. The van der Waals surface area contributed by atoms with Crippen LogP contribution in [-0.2, 0) is 0 Å². The van der Waals surface area contributed by atoms with E-state index in [1.165, 1.54) is 26.0 Å². The molecule has 0 unspecified atom stereocenters. The molecule has 3 aromatic carbocycles. The summed E-state index contributed by atoms with van der Waals surface area (Å²) in [5, 5.41) is 12.1. The second kappa shape index (κ2) is 10.6. The molecular formula is C25H22Cl2N4O4. The van der Waals surface area contributed by atoms with E-state index in [1.807, 2.05) is 12.1 Å². The number of anilines is 4. The Balaban J connectivity index is 1.75. The Morgan fingerprint density at radius 3 is 1.77 bits per heavy atom. The molecule has 4 rings (SSSR count). The van der Waals surface area contributed by atoms with E-state index in [4.69, 9.17) is 37.4 Å². The summed E-state index contributed by atoms with van der Waals surface area (Å²) in [6.45, 7) is 0. The normalized spacial score (nSPS) is 10.5. The standard InChI is InChI=1S/C25H22Cl2N4O4/c1-33-20-12-15(13-21(34-2)24(20)35-3)25(32)31-23(29-19-10-6-17(27)7-11-19)14-22(30-31)28-18-8-4-16(26)5-9-18/h4-14,29H,1-3H3,(H,28,30). The molecule has 0 aliphatic carbocycles. The lowest BCUT2D eigenvalue weighted by molar-refractivity contribution is 0.0947. The molecule has 10 heteroatoms. The van der Waals surface area contributed by atoms with Gasteiger partial charge in [0, 0.05) is 33.0 Å². The monoisotopic (exact) mass is 512 g/mol. The molecule has 1 aromatic heterocycles. The summed E-state index contributed by atoms with van der Waals surface area (Å²) in [7, 11) is 4.47. The molecule has 35 heavy (non-hydrogen) atoms. The molecule has 1 heterocycles. The van der Waals surface area contributed by atoms with Gasteiger partial charge in [-0.05, 0) is 60.7 Å². The van der Waals surface area contributed by atoms with Crippen molar-refractivity contribution in [1.82, 2.24) is 9.78 Å². The first-order valence-electron chi connectivity index (χ1n) is 10.4. The molecule has 0 radical (unpaired) electrons. The van der Waals surface area contributed by atoms with Crippen molar-refractivity contribution in [2.75, 3.05) is 32.0 Å². The van der Waals surface area contributed by atoms with Gasteiger partial charge in [-0.3, -0.25) is 4.79 Å². The summed E-state index contributed by atoms with van der Waals surface area (Å²) in [5.41, 5.74) is 1.78. The van der Waals surface area contributed by atoms with Crippen LogP contribution in [-0.4, -0.2) is 37.0 Å². The molecule has 0 spiro atoms. The SMILES string of the molecule is COc1cc(C(=O)n2nc(Nc3ccc(Cl)cc3)cc2Nc2ccc(Cl)cc2)cc(OC)c1OC. The molecule has 2 N–H and O–H groups in total. The maximum Gasteiger partial charge on any atom is 0.280 e. The fourth-order valence-electron chi connectivity index (χ4n) is 3.38. The number of hydrogen-bond acceptors (Lipinski definition) is 7. The Hall–Kier alpha value is -3.88. The van der Waals surface area contributed by atoms with Gasteiger partial charge >= 0.3 is 0 Å². The second-order valence-corrected chi connectivity index (χ2v) is 8.18. The number of ether oxygens (including phenoxy) is 3. The molecule has 0 bridgehead atoms. The highest BCUT2D eigenvalue weighted by Gasteiger charge is 2.22. The highest BCUT2D eigenvalue weighted by molar-refractivity contribution is 6.30. The van der Waals surface area contributed by atoms with Crippen molar-refractivity contribution in [1.29, 1.82) is 0 Å². The lowest BCUT2D eigenvalue weighted by atomic mass is 10.1. The third-order valence-corrected chi connectivity index (χ3v) is 5.55. The van der Waals surface area contributed by atoms with Crippen LogP contribution in [0.5, 0.6) is 17.2 Å². The number of nitrogens with zero attached hydrogens (tertiary/aromatic N) is 2. The maximum atomic E-state index is 13.6. The van der Waals surface area contributed by atoms with Crippen LogP contribution in [0.3, 0.4) is 0 Å². The molecule has 0 aliphatic heterocycles. The molecule has 8 nitrogen and oxygen atoms in total. The molecule has 0 atom stereocenters. The third kappa shape index (κ3) is 5.45. The lowest BCUT2D eigenvalue weighted by Crippen LogP contribution is -2.16. The second-order valence-electron chi connectivity index (χ2n) is 7.31. The van der Waals surface area contributed by atoms with Crippen LogP contribution in [0.2, 0.25) is 10.0 Å². The minimum Gasteiger partial charge on any atom is -0.493 e. The smallest absolute Gasteiger partial charge is 0.280 e. The van der Waals surface area contributed by atoms with Gasteiger partial charge in [0.1, 0.15) is 5.82 Å². The minimum absolute atomic E-state index is 0.291. The molecule has 0 amide bonds. The molecular weight excluding hydrogens is 491 g/mol. The Labute approximate surface area is 212 Å². The molecule has 0 saturated carbocycles. The zero-order valence-electron chi connectivity index (χ0n) is 19.1. The summed E-state index contributed by atoms with van der Waals surface area (Å²) >= 11 is 12.0. The van der Waals surface area contributed by atoms with E-state index in [0.29, 0.717) is 44.5 Å². The topological polar surface area (TPSA) is 86.6 Å². The number of methoxy groups -OCH3 is 3. The Bertz CT molecular complexity index is 1310. The van der Waals surface area contributed by atoms with E-state index >= 15 is 0 Å². The summed E-state index contributed by atoms with van der Waals surface area (Å²) < 4.78 is 17.4. The van der Waals surface area contributed by atoms with E-state index in [-0.39, 0.29) is 0 Å². The van der Waals surface area contributed by atoms with E-state index in [0.717, 1.165) is 11.4 Å². The van der Waals surface area contributed by atoms with E-state index in [2.05, 4.69) is 15.7 Å². The first-order chi connectivity index (χ1) is 16.9. The van der Waals surface area contributed by atoms with Crippen molar-refractivity contribution in [3.05, 3.63) is 82.3 Å². The highest BCUT2D eigenvalue weighted by Crippen LogP contribution is 2.38. The van der Waals surface area contributed by atoms with Crippen molar-refractivity contribution in [3.8, 4) is 17.2 Å². The van der Waals surface area contributed by atoms with Gasteiger partial charge in [0.15, 0.2) is 17.3 Å². The summed E-state index contributed by atoms with van der Waals surface area (Å²) in [6, 6.07) is 19.1. The van der Waals surface area contributed by atoms with Crippen LogP contribution in [0.15, 0.2) is 66.7 Å². The van der Waals surface area contributed by atoms with Crippen LogP contribution >= 0.6 is 23.2 Å². The Kier molecular flexibility index (Phi) is 7.33. The van der Waals surface area contributed by atoms with Gasteiger partial charge in [-0.15, -0.1) is 5.10 Å². The largest absolute Gasteiger partial charge is 0.493 e. The van der Waals surface area contributed by atoms with Crippen LogP contribution in [0, 0.1) is 0 Å². The number of halogens is 2. The minimum atomic E-state index is -0.412. The van der Waals surface area contributed by atoms with Crippen molar-refractivity contribution in [3.63, 3.8) is 0 Å². The maximum absolute atomic E-state index is 13.6. The van der Waals surface area contributed by atoms with Gasteiger partial charge in [0.05, 0.1) is 21.3 Å². The van der Waals surface area contributed by atoms with Crippen molar-refractivity contribution in [2.45, 2.75) is 0 Å². The zero-order chi connectivity index (χ0) is 24.9. The average molecular weight is 513 g/mol. The van der Waals surface area contributed by atoms with Gasteiger partial charge in [0.25, 0.3) is 5.91 Å². The van der Waals surface area contributed by atoms with Crippen molar-refractivity contribution >= 4 is 52.1 Å².